The Hall–Kier alpha value is -3.47. The van der Waals surface area contributed by atoms with Gasteiger partial charge in [0.25, 0.3) is 10.0 Å². The number of rotatable bonds is 8. The molecule has 1 heterocycles. The van der Waals surface area contributed by atoms with Crippen LogP contribution in [0.5, 0.6) is 5.75 Å². The number of alkyl carbamates (subject to hydrolysis) is 1. The Kier molecular flexibility index (Phi) is 8.39. The Morgan fingerprint density at radius 1 is 1.05 bits per heavy atom. The van der Waals surface area contributed by atoms with Gasteiger partial charge in [0.2, 0.25) is 0 Å². The van der Waals surface area contributed by atoms with Crippen LogP contribution in [-0.2, 0) is 21.4 Å². The Morgan fingerprint density at radius 3 is 2.62 bits per heavy atom. The van der Waals surface area contributed by atoms with E-state index in [0.717, 1.165) is 30.5 Å². The van der Waals surface area contributed by atoms with Crippen molar-refractivity contribution in [2.75, 3.05) is 4.72 Å². The van der Waals surface area contributed by atoms with Crippen molar-refractivity contribution < 1.29 is 27.1 Å². The van der Waals surface area contributed by atoms with Gasteiger partial charge in [0.05, 0.1) is 21.2 Å². The molecule has 40 heavy (non-hydrogen) atoms. The number of H-pyrrole nitrogens is 1. The molecule has 0 aliphatic heterocycles. The quantitative estimate of drug-likeness (QED) is 0.200. The molecule has 1 aliphatic rings. The third kappa shape index (κ3) is 6.46. The SMILES string of the molecule is O=C(N[C@@H]1CCC[C@@H](Oc2ccc(S(=O)(=O)Nc3ccc(Cl)c4c(Cl)c[nH]c34)c(F)c2)C1)OCc1ccccc1. The lowest BCUT2D eigenvalue weighted by Gasteiger charge is -2.30. The van der Waals surface area contributed by atoms with E-state index in [1.54, 1.807) is 0 Å². The number of hydrogen-bond donors (Lipinski definition) is 3. The second kappa shape index (κ2) is 12.0. The van der Waals surface area contributed by atoms with E-state index in [4.69, 9.17) is 32.7 Å². The van der Waals surface area contributed by atoms with Gasteiger partial charge in [-0.1, -0.05) is 53.5 Å². The minimum Gasteiger partial charge on any atom is -0.490 e. The number of carbonyl (C=O) groups is 1. The van der Waals surface area contributed by atoms with Gasteiger partial charge in [-0.25, -0.2) is 17.6 Å². The van der Waals surface area contributed by atoms with E-state index in [-0.39, 0.29) is 30.2 Å². The number of sulfonamides is 1. The lowest BCUT2D eigenvalue weighted by atomic mass is 9.93. The van der Waals surface area contributed by atoms with Crippen LogP contribution >= 0.6 is 23.2 Å². The summed E-state index contributed by atoms with van der Waals surface area (Å²) in [6.07, 6.45) is 3.48. The van der Waals surface area contributed by atoms with Crippen molar-refractivity contribution in [2.45, 2.75) is 49.3 Å². The monoisotopic (exact) mass is 605 g/mol. The van der Waals surface area contributed by atoms with Crippen LogP contribution in [0.2, 0.25) is 10.0 Å². The van der Waals surface area contributed by atoms with Gasteiger partial charge >= 0.3 is 6.09 Å². The molecule has 0 bridgehead atoms. The van der Waals surface area contributed by atoms with E-state index in [1.807, 2.05) is 30.3 Å². The van der Waals surface area contributed by atoms with Crippen LogP contribution in [0.4, 0.5) is 14.9 Å². The van der Waals surface area contributed by atoms with Gasteiger partial charge in [-0.15, -0.1) is 0 Å². The maximum absolute atomic E-state index is 15.0. The molecule has 0 saturated heterocycles. The van der Waals surface area contributed by atoms with Crippen LogP contribution < -0.4 is 14.8 Å². The molecule has 5 rings (SSSR count). The predicted octanol–water partition coefficient (Wildman–Crippen LogP) is 7.03. The van der Waals surface area contributed by atoms with Crippen LogP contribution in [0.1, 0.15) is 31.2 Å². The molecular weight excluding hydrogens is 580 g/mol. The fourth-order valence-electron chi connectivity index (χ4n) is 4.73. The normalized spacial score (nSPS) is 17.4. The number of ether oxygens (including phenoxy) is 2. The minimum absolute atomic E-state index is 0.159. The number of halogens is 3. The third-order valence-corrected chi connectivity index (χ3v) is 8.65. The molecule has 210 valence electrons. The van der Waals surface area contributed by atoms with Crippen molar-refractivity contribution >= 4 is 55.9 Å². The highest BCUT2D eigenvalue weighted by Gasteiger charge is 2.27. The lowest BCUT2D eigenvalue weighted by molar-refractivity contribution is 0.112. The Bertz CT molecular complexity index is 1630. The van der Waals surface area contributed by atoms with Crippen LogP contribution in [0.3, 0.4) is 0 Å². The molecule has 1 saturated carbocycles. The van der Waals surface area contributed by atoms with Gasteiger partial charge in [-0.3, -0.25) is 4.72 Å². The predicted molar refractivity (Wildman–Crippen MR) is 152 cm³/mol. The van der Waals surface area contributed by atoms with Crippen molar-refractivity contribution in [2.24, 2.45) is 0 Å². The zero-order valence-corrected chi connectivity index (χ0v) is 23.5. The molecule has 0 spiro atoms. The van der Waals surface area contributed by atoms with Crippen LogP contribution in [0.15, 0.2) is 71.8 Å². The Labute approximate surface area is 240 Å². The van der Waals surface area contributed by atoms with E-state index < -0.39 is 26.8 Å². The highest BCUT2D eigenvalue weighted by atomic mass is 35.5. The summed E-state index contributed by atoms with van der Waals surface area (Å²) < 4.78 is 54.7. The maximum atomic E-state index is 15.0. The molecule has 1 amide bonds. The average Bonchev–Trinajstić information content (AvgIpc) is 3.32. The van der Waals surface area contributed by atoms with Crippen LogP contribution in [0, 0.1) is 5.82 Å². The second-order valence-electron chi connectivity index (χ2n) is 9.49. The number of benzene rings is 3. The first kappa shape index (κ1) is 28.1. The Balaban J connectivity index is 1.20. The van der Waals surface area contributed by atoms with E-state index in [9.17, 15) is 13.2 Å². The summed E-state index contributed by atoms with van der Waals surface area (Å²) in [5, 5.41) is 4.00. The molecule has 2 atom stereocenters. The molecule has 1 aromatic heterocycles. The first-order valence-corrected chi connectivity index (χ1v) is 14.8. The van der Waals surface area contributed by atoms with E-state index in [0.29, 0.717) is 33.8 Å². The number of hydrogen-bond acceptors (Lipinski definition) is 5. The summed E-state index contributed by atoms with van der Waals surface area (Å²) in [5.41, 5.74) is 1.44. The molecule has 3 aromatic carbocycles. The first-order valence-electron chi connectivity index (χ1n) is 12.6. The van der Waals surface area contributed by atoms with Gasteiger partial charge < -0.3 is 19.8 Å². The van der Waals surface area contributed by atoms with Crippen molar-refractivity contribution in [1.29, 1.82) is 0 Å². The van der Waals surface area contributed by atoms with Gasteiger partial charge in [0.1, 0.15) is 29.2 Å². The summed E-state index contributed by atoms with van der Waals surface area (Å²) in [4.78, 5) is 14.6. The van der Waals surface area contributed by atoms with Gasteiger partial charge in [-0.2, -0.15) is 0 Å². The smallest absolute Gasteiger partial charge is 0.407 e. The zero-order valence-electron chi connectivity index (χ0n) is 21.1. The summed E-state index contributed by atoms with van der Waals surface area (Å²) in [5.74, 6) is -0.770. The summed E-state index contributed by atoms with van der Waals surface area (Å²) in [7, 11) is -4.28. The zero-order chi connectivity index (χ0) is 28.3. The van der Waals surface area contributed by atoms with Crippen molar-refractivity contribution in [3.8, 4) is 5.75 Å². The standard InChI is InChI=1S/C28H26Cl2FN3O5S/c29-21-10-11-24(27-26(21)22(30)15-32-27)34-40(36,37)25-12-9-20(14-23(25)31)39-19-8-4-7-18(13-19)33-28(35)38-16-17-5-2-1-3-6-17/h1-3,5-6,9-12,14-15,18-19,32,34H,4,7-8,13,16H2,(H,33,35)/t18-,19-/m1/s1. The number of nitrogens with one attached hydrogen (secondary N) is 3. The number of aromatic amines is 1. The molecule has 12 heteroatoms. The van der Waals surface area contributed by atoms with Crippen molar-refractivity contribution in [3.63, 3.8) is 0 Å². The van der Waals surface area contributed by atoms with Crippen molar-refractivity contribution in [1.82, 2.24) is 10.3 Å². The van der Waals surface area contributed by atoms with E-state index >= 15 is 4.39 Å². The minimum atomic E-state index is -4.28. The second-order valence-corrected chi connectivity index (χ2v) is 12.0. The fraction of sp³-hybridized carbons (Fsp3) is 0.250. The summed E-state index contributed by atoms with van der Waals surface area (Å²) in [6, 6.07) is 15.8. The van der Waals surface area contributed by atoms with Crippen LogP contribution in [-0.4, -0.2) is 31.6 Å². The molecule has 0 radical (unpaired) electrons. The Morgan fingerprint density at radius 2 is 1.85 bits per heavy atom. The third-order valence-electron chi connectivity index (χ3n) is 6.64. The highest BCUT2D eigenvalue weighted by molar-refractivity contribution is 7.92. The molecule has 8 nitrogen and oxygen atoms in total. The van der Waals surface area contributed by atoms with Gasteiger partial charge in [0, 0.05) is 30.1 Å². The number of carbonyl (C=O) groups excluding carboxylic acids is 1. The summed E-state index contributed by atoms with van der Waals surface area (Å²) >= 11 is 12.3. The molecule has 4 aromatic rings. The number of fused-ring (bicyclic) bond motifs is 1. The summed E-state index contributed by atoms with van der Waals surface area (Å²) in [6.45, 7) is 0.171. The fourth-order valence-corrected chi connectivity index (χ4v) is 6.42. The van der Waals surface area contributed by atoms with E-state index in [1.165, 1.54) is 24.4 Å². The highest BCUT2D eigenvalue weighted by Crippen LogP contribution is 2.36. The largest absolute Gasteiger partial charge is 0.490 e. The number of amides is 1. The van der Waals surface area contributed by atoms with Gasteiger partial charge in [-0.05, 0) is 49.1 Å². The van der Waals surface area contributed by atoms with E-state index in [2.05, 4.69) is 15.0 Å². The molecular formula is C28H26Cl2FN3O5S. The number of anilines is 1. The van der Waals surface area contributed by atoms with Crippen LogP contribution in [0.25, 0.3) is 10.9 Å². The lowest BCUT2D eigenvalue weighted by Crippen LogP contribution is -2.41. The maximum Gasteiger partial charge on any atom is 0.407 e. The molecule has 1 fully saturated rings. The number of aromatic nitrogens is 1. The average molecular weight is 607 g/mol. The van der Waals surface area contributed by atoms with Crippen molar-refractivity contribution in [3.05, 3.63) is 88.3 Å². The molecule has 1 aliphatic carbocycles. The first-order chi connectivity index (χ1) is 19.2. The molecule has 0 unspecified atom stereocenters. The van der Waals surface area contributed by atoms with Gasteiger partial charge in [0.15, 0.2) is 0 Å². The topological polar surface area (TPSA) is 110 Å². The molecule has 3 N–H and O–H groups in total.